The number of carbonyl (C=O) groups is 2. The number of aromatic nitrogens is 2. The molecule has 3 aromatic rings. The summed E-state index contributed by atoms with van der Waals surface area (Å²) in [5.41, 5.74) is 2.52. The van der Waals surface area contributed by atoms with E-state index in [1.54, 1.807) is 36.1 Å². The highest BCUT2D eigenvalue weighted by Gasteiger charge is 2.33. The third kappa shape index (κ3) is 3.14. The standard InChI is InChI=1S/C19H16ClN3O4/c1-10-16-14(18(24)23-6-5-12(9-23)19(25)26)8-15(21-17(16)27-22-10)11-3-2-4-13(20)7-11/h2-4,7-8,12H,5-6,9H2,1H3,(H,25,26). The van der Waals surface area contributed by atoms with Gasteiger partial charge in [0, 0.05) is 23.7 Å². The lowest BCUT2D eigenvalue weighted by Crippen LogP contribution is -2.30. The van der Waals surface area contributed by atoms with Crippen LogP contribution in [0, 0.1) is 12.8 Å². The van der Waals surface area contributed by atoms with Gasteiger partial charge in [0.1, 0.15) is 0 Å². The van der Waals surface area contributed by atoms with Gasteiger partial charge < -0.3 is 14.5 Å². The molecule has 0 saturated carbocycles. The number of amides is 1. The Morgan fingerprint density at radius 3 is 2.85 bits per heavy atom. The van der Waals surface area contributed by atoms with E-state index in [0.29, 0.717) is 40.3 Å². The normalized spacial score (nSPS) is 16.8. The Morgan fingerprint density at radius 1 is 1.33 bits per heavy atom. The Hall–Kier alpha value is -2.93. The van der Waals surface area contributed by atoms with Gasteiger partial charge in [0.05, 0.1) is 28.3 Å². The average Bonchev–Trinajstić information content (AvgIpc) is 3.28. The number of carboxylic acids is 1. The quantitative estimate of drug-likeness (QED) is 0.742. The fourth-order valence-electron chi connectivity index (χ4n) is 3.38. The number of carboxylic acid groups (broad SMARTS) is 1. The van der Waals surface area contributed by atoms with Crippen molar-refractivity contribution in [2.75, 3.05) is 13.1 Å². The third-order valence-corrected chi connectivity index (χ3v) is 5.03. The van der Waals surface area contributed by atoms with Gasteiger partial charge in [0.25, 0.3) is 11.6 Å². The van der Waals surface area contributed by atoms with Crippen molar-refractivity contribution >= 4 is 34.6 Å². The second-order valence-electron chi connectivity index (χ2n) is 6.59. The average molecular weight is 386 g/mol. The summed E-state index contributed by atoms with van der Waals surface area (Å²) in [6, 6.07) is 8.84. The van der Waals surface area contributed by atoms with E-state index in [1.807, 2.05) is 6.07 Å². The molecule has 138 valence electrons. The van der Waals surface area contributed by atoms with Crippen LogP contribution in [0.3, 0.4) is 0 Å². The van der Waals surface area contributed by atoms with Crippen LogP contribution in [0.2, 0.25) is 5.02 Å². The lowest BCUT2D eigenvalue weighted by molar-refractivity contribution is -0.141. The molecule has 1 aliphatic heterocycles. The minimum atomic E-state index is -0.883. The van der Waals surface area contributed by atoms with Gasteiger partial charge in [-0.1, -0.05) is 28.9 Å². The van der Waals surface area contributed by atoms with Crippen LogP contribution in [0.15, 0.2) is 34.9 Å². The summed E-state index contributed by atoms with van der Waals surface area (Å²) in [5, 5.41) is 14.2. The molecule has 1 atom stereocenters. The SMILES string of the molecule is Cc1noc2nc(-c3cccc(Cl)c3)cc(C(=O)N3CCC(C(=O)O)C3)c12. The zero-order chi connectivity index (χ0) is 19.1. The van der Waals surface area contributed by atoms with E-state index >= 15 is 0 Å². The van der Waals surface area contributed by atoms with Gasteiger partial charge in [-0.15, -0.1) is 0 Å². The van der Waals surface area contributed by atoms with Gasteiger partial charge in [-0.3, -0.25) is 9.59 Å². The maximum atomic E-state index is 13.1. The van der Waals surface area contributed by atoms with Crippen LogP contribution >= 0.6 is 11.6 Å². The van der Waals surface area contributed by atoms with Crippen LogP contribution in [0.5, 0.6) is 0 Å². The first-order chi connectivity index (χ1) is 12.9. The van der Waals surface area contributed by atoms with Crippen molar-refractivity contribution in [2.45, 2.75) is 13.3 Å². The van der Waals surface area contributed by atoms with Crippen molar-refractivity contribution in [1.29, 1.82) is 0 Å². The molecule has 1 aromatic carbocycles. The molecular weight excluding hydrogens is 370 g/mol. The van der Waals surface area contributed by atoms with Crippen LogP contribution in [-0.2, 0) is 4.79 Å². The monoisotopic (exact) mass is 385 g/mol. The smallest absolute Gasteiger partial charge is 0.308 e. The van der Waals surface area contributed by atoms with Crippen molar-refractivity contribution in [2.24, 2.45) is 5.92 Å². The molecule has 8 heteroatoms. The lowest BCUT2D eigenvalue weighted by Gasteiger charge is -2.17. The molecule has 0 spiro atoms. The second-order valence-corrected chi connectivity index (χ2v) is 7.02. The summed E-state index contributed by atoms with van der Waals surface area (Å²) in [5.74, 6) is -1.67. The van der Waals surface area contributed by atoms with Crippen LogP contribution in [-0.4, -0.2) is 45.1 Å². The Bertz CT molecular complexity index is 1060. The van der Waals surface area contributed by atoms with Crippen LogP contribution < -0.4 is 0 Å². The van der Waals surface area contributed by atoms with Gasteiger partial charge in [-0.05, 0) is 31.5 Å². The van der Waals surface area contributed by atoms with Crippen LogP contribution in [0.1, 0.15) is 22.5 Å². The molecule has 7 nitrogen and oxygen atoms in total. The number of likely N-dealkylation sites (tertiary alicyclic amines) is 1. The molecule has 1 unspecified atom stereocenters. The molecule has 1 N–H and O–H groups in total. The second kappa shape index (κ2) is 6.66. The molecule has 1 amide bonds. The number of halogens is 1. The minimum absolute atomic E-state index is 0.189. The zero-order valence-corrected chi connectivity index (χ0v) is 15.2. The summed E-state index contributed by atoms with van der Waals surface area (Å²) in [6.07, 6.45) is 0.444. The van der Waals surface area contributed by atoms with Crippen molar-refractivity contribution in [3.63, 3.8) is 0 Å². The highest BCUT2D eigenvalue weighted by atomic mass is 35.5. The number of benzene rings is 1. The first-order valence-electron chi connectivity index (χ1n) is 8.49. The van der Waals surface area contributed by atoms with Crippen molar-refractivity contribution in [1.82, 2.24) is 15.0 Å². The highest BCUT2D eigenvalue weighted by Crippen LogP contribution is 2.30. The zero-order valence-electron chi connectivity index (χ0n) is 14.5. The molecule has 1 saturated heterocycles. The Morgan fingerprint density at radius 2 is 2.15 bits per heavy atom. The van der Waals surface area contributed by atoms with E-state index in [4.69, 9.17) is 16.1 Å². The molecule has 0 aliphatic carbocycles. The summed E-state index contributed by atoms with van der Waals surface area (Å²) in [7, 11) is 0. The fourth-order valence-corrected chi connectivity index (χ4v) is 3.57. The molecule has 3 heterocycles. The number of aliphatic carboxylic acids is 1. The summed E-state index contributed by atoms with van der Waals surface area (Å²) >= 11 is 6.07. The fraction of sp³-hybridized carbons (Fsp3) is 0.263. The minimum Gasteiger partial charge on any atom is -0.481 e. The molecule has 1 fully saturated rings. The summed E-state index contributed by atoms with van der Waals surface area (Å²) < 4.78 is 5.29. The van der Waals surface area contributed by atoms with E-state index in [9.17, 15) is 14.7 Å². The maximum Gasteiger partial charge on any atom is 0.308 e. The predicted molar refractivity (Wildman–Crippen MR) is 98.6 cm³/mol. The van der Waals surface area contributed by atoms with E-state index in [-0.39, 0.29) is 18.2 Å². The molecule has 4 rings (SSSR count). The Balaban J connectivity index is 1.80. The number of pyridine rings is 1. The van der Waals surface area contributed by atoms with E-state index in [1.165, 1.54) is 0 Å². The van der Waals surface area contributed by atoms with E-state index < -0.39 is 11.9 Å². The predicted octanol–water partition coefficient (Wildman–Crippen LogP) is 3.40. The number of hydrogen-bond donors (Lipinski definition) is 1. The van der Waals surface area contributed by atoms with Gasteiger partial charge in [0.15, 0.2) is 0 Å². The summed E-state index contributed by atoms with van der Waals surface area (Å²) in [6.45, 7) is 2.33. The Labute approximate surface area is 159 Å². The van der Waals surface area contributed by atoms with Crippen molar-refractivity contribution in [3.05, 3.63) is 46.6 Å². The van der Waals surface area contributed by atoms with Crippen LogP contribution in [0.4, 0.5) is 0 Å². The number of carbonyl (C=O) groups excluding carboxylic acids is 1. The highest BCUT2D eigenvalue weighted by molar-refractivity contribution is 6.30. The maximum absolute atomic E-state index is 13.1. The molecule has 0 bridgehead atoms. The van der Waals surface area contributed by atoms with Gasteiger partial charge in [0.2, 0.25) is 0 Å². The van der Waals surface area contributed by atoms with Crippen molar-refractivity contribution < 1.29 is 19.2 Å². The summed E-state index contributed by atoms with van der Waals surface area (Å²) in [4.78, 5) is 30.4. The first kappa shape index (κ1) is 17.5. The number of nitrogens with zero attached hydrogens (tertiary/aromatic N) is 3. The topological polar surface area (TPSA) is 96.5 Å². The molecule has 0 radical (unpaired) electrons. The molecular formula is C19H16ClN3O4. The lowest BCUT2D eigenvalue weighted by atomic mass is 10.0. The van der Waals surface area contributed by atoms with E-state index in [0.717, 1.165) is 5.56 Å². The molecule has 2 aromatic heterocycles. The van der Waals surface area contributed by atoms with E-state index in [2.05, 4.69) is 10.1 Å². The van der Waals surface area contributed by atoms with Crippen LogP contribution in [0.25, 0.3) is 22.4 Å². The van der Waals surface area contributed by atoms with Crippen molar-refractivity contribution in [3.8, 4) is 11.3 Å². The number of rotatable bonds is 3. The first-order valence-corrected chi connectivity index (χ1v) is 8.87. The van der Waals surface area contributed by atoms with Gasteiger partial charge >= 0.3 is 5.97 Å². The van der Waals surface area contributed by atoms with Gasteiger partial charge in [-0.25, -0.2) is 4.98 Å². The third-order valence-electron chi connectivity index (χ3n) is 4.79. The Kier molecular flexibility index (Phi) is 4.31. The molecule has 1 aliphatic rings. The molecule has 27 heavy (non-hydrogen) atoms. The number of hydrogen-bond acceptors (Lipinski definition) is 5. The number of aryl methyl sites for hydroxylation is 1. The largest absolute Gasteiger partial charge is 0.481 e. The number of fused-ring (bicyclic) bond motifs is 1. The van der Waals surface area contributed by atoms with Gasteiger partial charge in [-0.2, -0.15) is 0 Å².